The highest BCUT2D eigenvalue weighted by Crippen LogP contribution is 2.28. The summed E-state index contributed by atoms with van der Waals surface area (Å²) in [7, 11) is 1.85. The molecule has 0 aliphatic rings. The molecule has 0 unspecified atom stereocenters. The first-order valence-corrected chi connectivity index (χ1v) is 5.29. The molecule has 0 amide bonds. The third kappa shape index (κ3) is 1.97. The van der Waals surface area contributed by atoms with Crippen molar-refractivity contribution < 1.29 is 0 Å². The van der Waals surface area contributed by atoms with Crippen LogP contribution >= 0.6 is 11.3 Å². The number of anilines is 1. The van der Waals surface area contributed by atoms with Crippen molar-refractivity contribution in [2.75, 3.05) is 12.4 Å². The summed E-state index contributed by atoms with van der Waals surface area (Å²) in [6, 6.07) is 9.60. The van der Waals surface area contributed by atoms with Gasteiger partial charge in [0.05, 0.1) is 16.5 Å². The number of hydrogen-bond donors (Lipinski definition) is 1. The van der Waals surface area contributed by atoms with Gasteiger partial charge < -0.3 is 5.32 Å². The minimum atomic E-state index is 0.678. The Morgan fingerprint density at radius 2 is 2.07 bits per heavy atom. The van der Waals surface area contributed by atoms with Gasteiger partial charge in [-0.3, -0.25) is 0 Å². The second-order valence-electron chi connectivity index (χ2n) is 2.97. The van der Waals surface area contributed by atoms with Crippen molar-refractivity contribution in [3.05, 3.63) is 36.0 Å². The van der Waals surface area contributed by atoms with Crippen LogP contribution in [0.5, 0.6) is 0 Å². The number of nitrogens with zero attached hydrogens (tertiary/aromatic N) is 2. The van der Waals surface area contributed by atoms with Crippen LogP contribution in [0.4, 0.5) is 5.13 Å². The fourth-order valence-electron chi connectivity index (χ4n) is 1.23. The summed E-state index contributed by atoms with van der Waals surface area (Å²) < 4.78 is 0. The molecule has 74 valence electrons. The fourth-order valence-corrected chi connectivity index (χ4v) is 2.01. The van der Waals surface area contributed by atoms with Crippen LogP contribution in [0.15, 0.2) is 30.5 Å². The summed E-state index contributed by atoms with van der Waals surface area (Å²) in [6.45, 7) is 0. The van der Waals surface area contributed by atoms with Crippen molar-refractivity contribution in [1.29, 1.82) is 5.26 Å². The zero-order chi connectivity index (χ0) is 10.7. The molecule has 0 bridgehead atoms. The van der Waals surface area contributed by atoms with Crippen molar-refractivity contribution in [1.82, 2.24) is 4.98 Å². The van der Waals surface area contributed by atoms with E-state index < -0.39 is 0 Å². The van der Waals surface area contributed by atoms with Crippen LogP contribution in [-0.2, 0) is 0 Å². The first-order valence-electron chi connectivity index (χ1n) is 4.47. The lowest BCUT2D eigenvalue weighted by Crippen LogP contribution is -1.83. The fraction of sp³-hybridized carbons (Fsp3) is 0.0909. The van der Waals surface area contributed by atoms with Crippen LogP contribution < -0.4 is 5.32 Å². The van der Waals surface area contributed by atoms with E-state index in [-0.39, 0.29) is 0 Å². The highest BCUT2D eigenvalue weighted by atomic mass is 32.1. The van der Waals surface area contributed by atoms with Gasteiger partial charge in [0.1, 0.15) is 0 Å². The maximum absolute atomic E-state index is 8.67. The van der Waals surface area contributed by atoms with Gasteiger partial charge in [-0.05, 0) is 17.7 Å². The Morgan fingerprint density at radius 3 is 2.60 bits per heavy atom. The van der Waals surface area contributed by atoms with Gasteiger partial charge >= 0.3 is 0 Å². The average molecular weight is 215 g/mol. The summed E-state index contributed by atoms with van der Waals surface area (Å²) in [4.78, 5) is 5.30. The lowest BCUT2D eigenvalue weighted by Gasteiger charge is -1.95. The number of nitrogens with one attached hydrogen (secondary N) is 1. The highest BCUT2D eigenvalue weighted by molar-refractivity contribution is 7.18. The molecule has 1 aromatic carbocycles. The molecular formula is C11H9N3S. The Kier molecular flexibility index (Phi) is 2.66. The number of benzene rings is 1. The van der Waals surface area contributed by atoms with E-state index in [1.54, 1.807) is 11.3 Å². The second kappa shape index (κ2) is 4.11. The molecule has 0 fully saturated rings. The van der Waals surface area contributed by atoms with Crippen LogP contribution in [0.1, 0.15) is 5.56 Å². The van der Waals surface area contributed by atoms with Gasteiger partial charge in [0.15, 0.2) is 5.13 Å². The lowest BCUT2D eigenvalue weighted by atomic mass is 10.1. The Morgan fingerprint density at radius 1 is 1.33 bits per heavy atom. The van der Waals surface area contributed by atoms with Gasteiger partial charge in [-0.2, -0.15) is 5.26 Å². The summed E-state index contributed by atoms with van der Waals surface area (Å²) in [6.07, 6.45) is 1.83. The largest absolute Gasteiger partial charge is 0.365 e. The minimum Gasteiger partial charge on any atom is -0.365 e. The SMILES string of the molecule is CNc1ncc(-c2ccc(C#N)cc2)s1. The molecule has 0 radical (unpaired) electrons. The molecule has 2 rings (SSSR count). The van der Waals surface area contributed by atoms with E-state index in [1.807, 2.05) is 37.5 Å². The first kappa shape index (κ1) is 9.69. The smallest absolute Gasteiger partial charge is 0.182 e. The molecular weight excluding hydrogens is 206 g/mol. The molecule has 0 spiro atoms. The molecule has 15 heavy (non-hydrogen) atoms. The van der Waals surface area contributed by atoms with E-state index in [2.05, 4.69) is 16.4 Å². The van der Waals surface area contributed by atoms with Gasteiger partial charge in [-0.25, -0.2) is 4.98 Å². The molecule has 0 saturated carbocycles. The van der Waals surface area contributed by atoms with Gasteiger partial charge in [0, 0.05) is 13.2 Å². The summed E-state index contributed by atoms with van der Waals surface area (Å²) in [5.74, 6) is 0. The zero-order valence-electron chi connectivity index (χ0n) is 8.19. The molecule has 4 heteroatoms. The van der Waals surface area contributed by atoms with Crippen molar-refractivity contribution in [3.63, 3.8) is 0 Å². The Labute approximate surface area is 92.0 Å². The van der Waals surface area contributed by atoms with Crippen LogP contribution in [0.3, 0.4) is 0 Å². The maximum Gasteiger partial charge on any atom is 0.182 e. The number of nitriles is 1. The highest BCUT2D eigenvalue weighted by Gasteiger charge is 2.02. The minimum absolute atomic E-state index is 0.678. The van der Waals surface area contributed by atoms with Crippen LogP contribution in [0.25, 0.3) is 10.4 Å². The molecule has 0 atom stereocenters. The Hall–Kier alpha value is -1.86. The standard InChI is InChI=1S/C11H9N3S/c1-13-11-14-7-10(15-11)9-4-2-8(6-12)3-5-9/h2-5,7H,1H3,(H,13,14). The molecule has 0 aliphatic heterocycles. The Bertz CT molecular complexity index is 493. The van der Waals surface area contributed by atoms with E-state index in [4.69, 9.17) is 5.26 Å². The van der Waals surface area contributed by atoms with Crippen molar-refractivity contribution in [3.8, 4) is 16.5 Å². The maximum atomic E-state index is 8.67. The predicted molar refractivity (Wildman–Crippen MR) is 61.8 cm³/mol. The van der Waals surface area contributed by atoms with E-state index in [9.17, 15) is 0 Å². The van der Waals surface area contributed by atoms with Crippen molar-refractivity contribution >= 4 is 16.5 Å². The zero-order valence-corrected chi connectivity index (χ0v) is 9.01. The van der Waals surface area contributed by atoms with E-state index in [0.29, 0.717) is 5.56 Å². The average Bonchev–Trinajstić information content (AvgIpc) is 2.78. The van der Waals surface area contributed by atoms with Gasteiger partial charge in [0.2, 0.25) is 0 Å². The first-order chi connectivity index (χ1) is 7.33. The third-order valence-corrected chi connectivity index (χ3v) is 3.08. The van der Waals surface area contributed by atoms with Crippen LogP contribution in [0.2, 0.25) is 0 Å². The van der Waals surface area contributed by atoms with E-state index in [0.717, 1.165) is 15.6 Å². The van der Waals surface area contributed by atoms with Crippen LogP contribution in [0, 0.1) is 11.3 Å². The Balaban J connectivity index is 2.33. The van der Waals surface area contributed by atoms with Crippen LogP contribution in [-0.4, -0.2) is 12.0 Å². The summed E-state index contributed by atoms with van der Waals surface area (Å²) >= 11 is 1.59. The third-order valence-electron chi connectivity index (χ3n) is 2.02. The molecule has 1 N–H and O–H groups in total. The number of aromatic nitrogens is 1. The number of rotatable bonds is 2. The second-order valence-corrected chi connectivity index (χ2v) is 4.00. The quantitative estimate of drug-likeness (QED) is 0.838. The predicted octanol–water partition coefficient (Wildman–Crippen LogP) is 2.72. The number of thiazole rings is 1. The normalized spacial score (nSPS) is 9.60. The van der Waals surface area contributed by atoms with Crippen molar-refractivity contribution in [2.24, 2.45) is 0 Å². The summed E-state index contributed by atoms with van der Waals surface area (Å²) in [5, 5.41) is 12.6. The number of hydrogen-bond acceptors (Lipinski definition) is 4. The van der Waals surface area contributed by atoms with Crippen molar-refractivity contribution in [2.45, 2.75) is 0 Å². The molecule has 2 aromatic rings. The molecule has 1 aromatic heterocycles. The molecule has 1 heterocycles. The topological polar surface area (TPSA) is 48.7 Å². The van der Waals surface area contributed by atoms with Gasteiger partial charge in [0.25, 0.3) is 0 Å². The monoisotopic (exact) mass is 215 g/mol. The lowest BCUT2D eigenvalue weighted by molar-refractivity contribution is 1.37. The van der Waals surface area contributed by atoms with E-state index >= 15 is 0 Å². The van der Waals surface area contributed by atoms with Gasteiger partial charge in [-0.1, -0.05) is 23.5 Å². The molecule has 0 saturated heterocycles. The summed E-state index contributed by atoms with van der Waals surface area (Å²) in [5.41, 5.74) is 1.77. The van der Waals surface area contributed by atoms with Gasteiger partial charge in [-0.15, -0.1) is 0 Å². The van der Waals surface area contributed by atoms with E-state index in [1.165, 1.54) is 0 Å². The molecule has 3 nitrogen and oxygen atoms in total. The molecule has 0 aliphatic carbocycles.